The lowest BCUT2D eigenvalue weighted by molar-refractivity contribution is -0.132. The standard InChI is InChI=1S/C23H36N4O2/c1-16-8-6-9-17(2)21(16)27(20-11-7-10-19(20)25-18(3)28)22(29)23(26(4)5)12-14-24-15-13-23/h6,8-9,19-20,24H,7,10-15H2,1-5H3,(H,25,28)/t19-,20-/m1/s1. The second kappa shape index (κ2) is 8.84. The minimum absolute atomic E-state index is 0.00335. The smallest absolute Gasteiger partial charge is 0.247 e. The number of piperidine rings is 1. The summed E-state index contributed by atoms with van der Waals surface area (Å²) in [5.74, 6) is 0.142. The van der Waals surface area contributed by atoms with Crippen molar-refractivity contribution in [1.29, 1.82) is 0 Å². The molecule has 29 heavy (non-hydrogen) atoms. The zero-order chi connectivity index (χ0) is 21.2. The lowest BCUT2D eigenvalue weighted by Crippen LogP contribution is -2.65. The van der Waals surface area contributed by atoms with Crippen LogP contribution in [0.3, 0.4) is 0 Å². The molecule has 2 aliphatic rings. The lowest BCUT2D eigenvalue weighted by Gasteiger charge is -2.47. The van der Waals surface area contributed by atoms with Crippen LogP contribution in [0.1, 0.15) is 50.2 Å². The van der Waals surface area contributed by atoms with Gasteiger partial charge in [-0.15, -0.1) is 0 Å². The summed E-state index contributed by atoms with van der Waals surface area (Å²) in [4.78, 5) is 30.3. The molecule has 1 aromatic carbocycles. The number of aryl methyl sites for hydroxylation is 2. The summed E-state index contributed by atoms with van der Waals surface area (Å²) in [6.07, 6.45) is 4.41. The molecular weight excluding hydrogens is 364 g/mol. The van der Waals surface area contributed by atoms with E-state index in [1.165, 1.54) is 0 Å². The van der Waals surface area contributed by atoms with Gasteiger partial charge < -0.3 is 15.5 Å². The van der Waals surface area contributed by atoms with E-state index in [-0.39, 0.29) is 23.9 Å². The summed E-state index contributed by atoms with van der Waals surface area (Å²) in [5, 5.41) is 6.52. The van der Waals surface area contributed by atoms with Crippen LogP contribution < -0.4 is 15.5 Å². The first-order valence-corrected chi connectivity index (χ1v) is 10.8. The predicted molar refractivity (Wildman–Crippen MR) is 117 cm³/mol. The summed E-state index contributed by atoms with van der Waals surface area (Å²) in [5.41, 5.74) is 2.70. The average molecular weight is 401 g/mol. The number of nitrogens with one attached hydrogen (secondary N) is 2. The number of carbonyl (C=O) groups excluding carboxylic acids is 2. The van der Waals surface area contributed by atoms with Crippen LogP contribution in [0.5, 0.6) is 0 Å². The van der Waals surface area contributed by atoms with Crippen molar-refractivity contribution in [2.45, 2.75) is 70.5 Å². The van der Waals surface area contributed by atoms with Crippen molar-refractivity contribution in [3.8, 4) is 0 Å². The topological polar surface area (TPSA) is 64.7 Å². The molecule has 2 N–H and O–H groups in total. The van der Waals surface area contributed by atoms with Crippen LogP contribution in [0.25, 0.3) is 0 Å². The molecule has 1 heterocycles. The number of amides is 2. The van der Waals surface area contributed by atoms with E-state index in [0.717, 1.165) is 62.0 Å². The third-order valence-corrected chi connectivity index (χ3v) is 6.78. The number of hydrogen-bond donors (Lipinski definition) is 2. The van der Waals surface area contributed by atoms with Crippen molar-refractivity contribution in [3.63, 3.8) is 0 Å². The van der Waals surface area contributed by atoms with E-state index in [4.69, 9.17) is 0 Å². The van der Waals surface area contributed by atoms with Gasteiger partial charge in [-0.05, 0) is 84.3 Å². The number of carbonyl (C=O) groups is 2. The SMILES string of the molecule is CC(=O)N[C@@H]1CCC[C@H]1N(C(=O)C1(N(C)C)CCNCC1)c1c(C)cccc1C. The number of hydrogen-bond acceptors (Lipinski definition) is 4. The Labute approximate surface area is 175 Å². The molecule has 1 aromatic rings. The number of nitrogens with zero attached hydrogens (tertiary/aromatic N) is 2. The number of rotatable bonds is 5. The second-order valence-corrected chi connectivity index (χ2v) is 8.90. The van der Waals surface area contributed by atoms with Crippen molar-refractivity contribution in [3.05, 3.63) is 29.3 Å². The summed E-state index contributed by atoms with van der Waals surface area (Å²) in [6, 6.07) is 6.18. The van der Waals surface area contributed by atoms with Gasteiger partial charge >= 0.3 is 0 Å². The van der Waals surface area contributed by atoms with Gasteiger partial charge in [0.15, 0.2) is 0 Å². The molecule has 1 aliphatic heterocycles. The maximum atomic E-state index is 14.3. The summed E-state index contributed by atoms with van der Waals surface area (Å²) >= 11 is 0. The average Bonchev–Trinajstić information content (AvgIpc) is 3.11. The summed E-state index contributed by atoms with van der Waals surface area (Å²) in [7, 11) is 4.04. The van der Waals surface area contributed by atoms with E-state index in [1.54, 1.807) is 6.92 Å². The Morgan fingerprint density at radius 1 is 1.10 bits per heavy atom. The summed E-state index contributed by atoms with van der Waals surface area (Å²) in [6.45, 7) is 7.40. The van der Waals surface area contributed by atoms with Crippen LogP contribution in [-0.2, 0) is 9.59 Å². The third-order valence-electron chi connectivity index (χ3n) is 6.78. The maximum Gasteiger partial charge on any atom is 0.247 e. The van der Waals surface area contributed by atoms with Gasteiger partial charge in [-0.25, -0.2) is 0 Å². The molecule has 6 heteroatoms. The van der Waals surface area contributed by atoms with E-state index in [2.05, 4.69) is 46.4 Å². The highest BCUT2D eigenvalue weighted by Crippen LogP contribution is 2.37. The first-order valence-electron chi connectivity index (χ1n) is 10.8. The van der Waals surface area contributed by atoms with Gasteiger partial charge in [-0.1, -0.05) is 18.2 Å². The molecule has 0 bridgehead atoms. The van der Waals surface area contributed by atoms with Gasteiger partial charge in [0.1, 0.15) is 5.54 Å². The Balaban J connectivity index is 2.10. The molecule has 6 nitrogen and oxygen atoms in total. The highest BCUT2D eigenvalue weighted by atomic mass is 16.2. The van der Waals surface area contributed by atoms with Crippen molar-refractivity contribution < 1.29 is 9.59 Å². The van der Waals surface area contributed by atoms with Gasteiger partial charge in [-0.2, -0.15) is 0 Å². The maximum absolute atomic E-state index is 14.3. The molecule has 2 amide bonds. The Hall–Kier alpha value is -1.92. The molecule has 2 atom stereocenters. The molecule has 0 spiro atoms. The van der Waals surface area contributed by atoms with Gasteiger partial charge in [0.25, 0.3) is 0 Å². The van der Waals surface area contributed by atoms with Gasteiger partial charge in [0, 0.05) is 18.7 Å². The fraction of sp³-hybridized carbons (Fsp3) is 0.652. The van der Waals surface area contributed by atoms with E-state index < -0.39 is 5.54 Å². The number of para-hydroxylation sites is 1. The molecule has 1 saturated heterocycles. The molecule has 1 aliphatic carbocycles. The van der Waals surface area contributed by atoms with Crippen molar-refractivity contribution in [2.75, 3.05) is 32.1 Å². The predicted octanol–water partition coefficient (Wildman–Crippen LogP) is 2.38. The molecular formula is C23H36N4O2. The quantitative estimate of drug-likeness (QED) is 0.797. The van der Waals surface area contributed by atoms with Crippen LogP contribution in [0.4, 0.5) is 5.69 Å². The van der Waals surface area contributed by atoms with E-state index >= 15 is 0 Å². The normalized spacial score (nSPS) is 23.8. The van der Waals surface area contributed by atoms with Crippen LogP contribution in [0.2, 0.25) is 0 Å². The molecule has 0 unspecified atom stereocenters. The number of benzene rings is 1. The molecule has 0 radical (unpaired) electrons. The Kier molecular flexibility index (Phi) is 6.64. The first-order chi connectivity index (χ1) is 13.8. The summed E-state index contributed by atoms with van der Waals surface area (Å²) < 4.78 is 0. The van der Waals surface area contributed by atoms with E-state index in [0.29, 0.717) is 0 Å². The molecule has 160 valence electrons. The van der Waals surface area contributed by atoms with Crippen LogP contribution >= 0.6 is 0 Å². The lowest BCUT2D eigenvalue weighted by atomic mass is 9.84. The van der Waals surface area contributed by atoms with Crippen LogP contribution in [-0.4, -0.2) is 61.5 Å². The fourth-order valence-electron chi connectivity index (χ4n) is 5.20. The van der Waals surface area contributed by atoms with E-state index in [9.17, 15) is 9.59 Å². The van der Waals surface area contributed by atoms with Gasteiger partial charge in [0.2, 0.25) is 11.8 Å². The highest BCUT2D eigenvalue weighted by molar-refractivity contribution is 6.02. The minimum atomic E-state index is -0.524. The van der Waals surface area contributed by atoms with Crippen LogP contribution in [0.15, 0.2) is 18.2 Å². The fourth-order valence-corrected chi connectivity index (χ4v) is 5.20. The zero-order valence-electron chi connectivity index (χ0n) is 18.5. The zero-order valence-corrected chi connectivity index (χ0v) is 18.5. The molecule has 0 aromatic heterocycles. The molecule has 2 fully saturated rings. The van der Waals surface area contributed by atoms with Crippen LogP contribution in [0, 0.1) is 13.8 Å². The number of likely N-dealkylation sites (N-methyl/N-ethyl adjacent to an activating group) is 1. The minimum Gasteiger partial charge on any atom is -0.352 e. The van der Waals surface area contributed by atoms with Gasteiger partial charge in [0.05, 0.1) is 6.04 Å². The number of anilines is 1. The van der Waals surface area contributed by atoms with Crippen molar-refractivity contribution >= 4 is 17.5 Å². The van der Waals surface area contributed by atoms with Crippen molar-refractivity contribution in [1.82, 2.24) is 15.5 Å². The molecule has 1 saturated carbocycles. The van der Waals surface area contributed by atoms with E-state index in [1.807, 2.05) is 20.2 Å². The largest absolute Gasteiger partial charge is 0.352 e. The van der Waals surface area contributed by atoms with Gasteiger partial charge in [-0.3, -0.25) is 14.5 Å². The Morgan fingerprint density at radius 2 is 1.72 bits per heavy atom. The monoisotopic (exact) mass is 400 g/mol. The Morgan fingerprint density at radius 3 is 2.28 bits per heavy atom. The third kappa shape index (κ3) is 4.19. The Bertz CT molecular complexity index is 735. The first kappa shape index (κ1) is 21.8. The van der Waals surface area contributed by atoms with Crippen molar-refractivity contribution in [2.24, 2.45) is 0 Å². The second-order valence-electron chi connectivity index (χ2n) is 8.90. The molecule has 3 rings (SSSR count). The highest BCUT2D eigenvalue weighted by Gasteiger charge is 2.48.